The molecule has 3 aliphatic rings. The Morgan fingerprint density at radius 2 is 1.35 bits per heavy atom. The second-order valence-corrected chi connectivity index (χ2v) is 5.32. The molecule has 0 saturated heterocycles. The van der Waals surface area contributed by atoms with Crippen LogP contribution in [0, 0.1) is 6.08 Å². The first-order valence-corrected chi connectivity index (χ1v) is 7.15. The molecule has 0 unspecified atom stereocenters. The zero-order chi connectivity index (χ0) is 11.5. The number of halogens is 2. The largest absolute Gasteiger partial charge is 3.00 e. The Labute approximate surface area is 154 Å². The van der Waals surface area contributed by atoms with Crippen LogP contribution in [0.3, 0.4) is 0 Å². The van der Waals surface area contributed by atoms with Crippen molar-refractivity contribution >= 4 is 0 Å². The van der Waals surface area contributed by atoms with E-state index < -0.39 is 0 Å². The molecule has 107 valence electrons. The molecule has 20 heavy (non-hydrogen) atoms. The van der Waals surface area contributed by atoms with Gasteiger partial charge in [0, 0.05) is 0 Å². The summed E-state index contributed by atoms with van der Waals surface area (Å²) in [5, 5.41) is 0. The summed E-state index contributed by atoms with van der Waals surface area (Å²) in [7, 11) is 0. The van der Waals surface area contributed by atoms with Crippen LogP contribution in [-0.2, 0) is 26.2 Å². The van der Waals surface area contributed by atoms with Gasteiger partial charge in [0.05, 0.1) is 0 Å². The van der Waals surface area contributed by atoms with E-state index in [1.165, 1.54) is 62.5 Å². The van der Waals surface area contributed by atoms with Crippen LogP contribution in [0.4, 0.5) is 0 Å². The molecule has 0 aromatic rings. The topological polar surface area (TPSA) is 0 Å². The summed E-state index contributed by atoms with van der Waals surface area (Å²) in [5.41, 5.74) is 6.16. The first-order chi connectivity index (χ1) is 8.45. The Bertz CT molecular complexity index is 390. The molecular formula is C17H21Cl2Zr. The predicted octanol–water partition coefficient (Wildman–Crippen LogP) is -0.948. The molecule has 0 N–H and O–H groups in total. The zero-order valence-corrected chi connectivity index (χ0v) is 15.8. The van der Waals surface area contributed by atoms with Crippen LogP contribution in [-0.4, -0.2) is 0 Å². The molecule has 3 rings (SSSR count). The molecule has 3 aliphatic carbocycles. The molecular weight excluding hydrogens is 366 g/mol. The van der Waals surface area contributed by atoms with Crippen molar-refractivity contribution in [2.45, 2.75) is 57.8 Å². The molecule has 0 bridgehead atoms. The van der Waals surface area contributed by atoms with E-state index in [0.717, 1.165) is 6.42 Å². The minimum absolute atomic E-state index is 0. The summed E-state index contributed by atoms with van der Waals surface area (Å²) in [6, 6.07) is 0. The number of hydrogen-bond acceptors (Lipinski definition) is 0. The van der Waals surface area contributed by atoms with Gasteiger partial charge in [-0.3, -0.25) is 0 Å². The molecule has 0 nitrogen and oxygen atoms in total. The number of allylic oxidation sites excluding steroid dienone is 8. The molecule has 0 spiro atoms. The van der Waals surface area contributed by atoms with Gasteiger partial charge in [0.25, 0.3) is 0 Å². The molecule has 0 aromatic carbocycles. The molecule has 0 heterocycles. The Balaban J connectivity index is 0.00000120. The van der Waals surface area contributed by atoms with Crippen LogP contribution in [0.15, 0.2) is 40.5 Å². The monoisotopic (exact) mass is 385 g/mol. The minimum atomic E-state index is 0. The average molecular weight is 387 g/mol. The summed E-state index contributed by atoms with van der Waals surface area (Å²) < 4.78 is 0. The first-order valence-electron chi connectivity index (χ1n) is 7.15. The van der Waals surface area contributed by atoms with E-state index in [1.54, 1.807) is 11.1 Å². The van der Waals surface area contributed by atoms with E-state index in [4.69, 9.17) is 0 Å². The predicted molar refractivity (Wildman–Crippen MR) is 72.6 cm³/mol. The number of rotatable bonds is 2. The van der Waals surface area contributed by atoms with Gasteiger partial charge in [-0.15, -0.1) is 23.3 Å². The van der Waals surface area contributed by atoms with Crippen molar-refractivity contribution in [2.24, 2.45) is 0 Å². The van der Waals surface area contributed by atoms with Gasteiger partial charge in [-0.1, -0.05) is 31.8 Å². The Morgan fingerprint density at radius 3 is 1.90 bits per heavy atom. The normalized spacial score (nSPS) is 21.2. The van der Waals surface area contributed by atoms with Gasteiger partial charge in [0.15, 0.2) is 0 Å². The first kappa shape index (κ1) is 20.4. The van der Waals surface area contributed by atoms with Gasteiger partial charge in [0.2, 0.25) is 0 Å². The summed E-state index contributed by atoms with van der Waals surface area (Å²) in [5.74, 6) is 0. The van der Waals surface area contributed by atoms with Crippen molar-refractivity contribution in [3.05, 3.63) is 46.6 Å². The fraction of sp³-hybridized carbons (Fsp3) is 0.529. The smallest absolute Gasteiger partial charge is 1.00 e. The van der Waals surface area contributed by atoms with Crippen molar-refractivity contribution in [3.63, 3.8) is 0 Å². The maximum absolute atomic E-state index is 3.59. The standard InChI is InChI=1S/C17H21.2ClH.Zr/c1-3-8-14(9-4-1)16-12-7-13-17(16)15-10-5-2-6-11-15;;;/h8,10,12H,1-7,9,11H2;2*1H;/q-1;;;+3/p-2. The van der Waals surface area contributed by atoms with Crippen molar-refractivity contribution in [2.75, 3.05) is 0 Å². The molecule has 0 aliphatic heterocycles. The van der Waals surface area contributed by atoms with Gasteiger partial charge < -0.3 is 24.8 Å². The SMILES string of the molecule is [C-]1=C(C2=CCCCC2)C(C2=CCCCC2)=CC1.[Cl-].[Cl-].[Zr+3]. The maximum Gasteiger partial charge on any atom is 3.00 e. The van der Waals surface area contributed by atoms with Gasteiger partial charge in [-0.2, -0.15) is 17.2 Å². The molecule has 1 radical (unpaired) electrons. The van der Waals surface area contributed by atoms with Gasteiger partial charge in [-0.05, 0) is 32.1 Å². The van der Waals surface area contributed by atoms with Crippen LogP contribution >= 0.6 is 0 Å². The van der Waals surface area contributed by atoms with E-state index in [0.29, 0.717) is 0 Å². The summed E-state index contributed by atoms with van der Waals surface area (Å²) in [6.45, 7) is 0. The second-order valence-electron chi connectivity index (χ2n) is 5.32. The van der Waals surface area contributed by atoms with Crippen LogP contribution in [0.2, 0.25) is 0 Å². The van der Waals surface area contributed by atoms with Crippen molar-refractivity contribution in [1.82, 2.24) is 0 Å². The third-order valence-corrected chi connectivity index (χ3v) is 4.10. The van der Waals surface area contributed by atoms with E-state index in [-0.39, 0.29) is 51.0 Å². The van der Waals surface area contributed by atoms with E-state index in [9.17, 15) is 0 Å². The number of hydrogen-bond donors (Lipinski definition) is 0. The maximum atomic E-state index is 3.59. The fourth-order valence-corrected chi connectivity index (χ4v) is 3.18. The van der Waals surface area contributed by atoms with Crippen molar-refractivity contribution in [1.29, 1.82) is 0 Å². The molecule has 0 atom stereocenters. The van der Waals surface area contributed by atoms with E-state index in [2.05, 4.69) is 24.3 Å². The average Bonchev–Trinajstić information content (AvgIpc) is 2.90. The van der Waals surface area contributed by atoms with Crippen LogP contribution in [0.25, 0.3) is 0 Å². The second kappa shape index (κ2) is 10.2. The third-order valence-electron chi connectivity index (χ3n) is 4.10. The van der Waals surface area contributed by atoms with Crippen molar-refractivity contribution in [3.8, 4) is 0 Å². The Morgan fingerprint density at radius 1 is 0.750 bits per heavy atom. The van der Waals surface area contributed by atoms with Crippen LogP contribution < -0.4 is 24.8 Å². The Kier molecular flexibility index (Phi) is 10.4. The summed E-state index contributed by atoms with van der Waals surface area (Å²) in [4.78, 5) is 0. The van der Waals surface area contributed by atoms with Gasteiger partial charge >= 0.3 is 26.2 Å². The molecule has 0 amide bonds. The van der Waals surface area contributed by atoms with Crippen LogP contribution in [0.5, 0.6) is 0 Å². The molecule has 0 aromatic heterocycles. The molecule has 0 fully saturated rings. The fourth-order valence-electron chi connectivity index (χ4n) is 3.18. The summed E-state index contributed by atoms with van der Waals surface area (Å²) >= 11 is 0. The quantitative estimate of drug-likeness (QED) is 0.537. The molecule has 0 saturated carbocycles. The Hall–Kier alpha value is 0.423. The zero-order valence-electron chi connectivity index (χ0n) is 11.9. The van der Waals surface area contributed by atoms with Crippen molar-refractivity contribution < 1.29 is 51.0 Å². The molecule has 3 heteroatoms. The van der Waals surface area contributed by atoms with Gasteiger partial charge in [-0.25, -0.2) is 0 Å². The minimum Gasteiger partial charge on any atom is -1.00 e. The summed E-state index contributed by atoms with van der Waals surface area (Å²) in [6.07, 6.45) is 22.5. The van der Waals surface area contributed by atoms with E-state index in [1.807, 2.05) is 0 Å². The van der Waals surface area contributed by atoms with Crippen LogP contribution in [0.1, 0.15) is 57.8 Å². The van der Waals surface area contributed by atoms with Gasteiger partial charge in [0.1, 0.15) is 0 Å². The van der Waals surface area contributed by atoms with E-state index >= 15 is 0 Å². The third kappa shape index (κ3) is 4.72.